The highest BCUT2D eigenvalue weighted by atomic mass is 16.5. The smallest absolute Gasteiger partial charge is 0.313 e. The van der Waals surface area contributed by atoms with Crippen molar-refractivity contribution in [3.8, 4) is 0 Å². The van der Waals surface area contributed by atoms with Gasteiger partial charge in [0.2, 0.25) is 0 Å². The molecule has 114 valence electrons. The number of esters is 1. The number of carbonyl (C=O) groups is 2. The summed E-state index contributed by atoms with van der Waals surface area (Å²) in [5.41, 5.74) is 0. The molecule has 0 amide bonds. The fraction of sp³-hybridized carbons (Fsp3) is 0.625. The van der Waals surface area contributed by atoms with Crippen molar-refractivity contribution in [1.82, 2.24) is 0 Å². The number of allylic oxidation sites excluding steroid dienone is 3. The molecule has 0 saturated carbocycles. The van der Waals surface area contributed by atoms with Crippen LogP contribution >= 0.6 is 0 Å². The molecule has 1 N–H and O–H groups in total. The second kappa shape index (κ2) is 12.6. The van der Waals surface area contributed by atoms with Gasteiger partial charge in [0, 0.05) is 6.42 Å². The molecule has 4 nitrogen and oxygen atoms in total. The molecule has 0 radical (unpaired) electrons. The van der Waals surface area contributed by atoms with Crippen molar-refractivity contribution in [2.45, 2.75) is 58.5 Å². The molecule has 0 saturated heterocycles. The van der Waals surface area contributed by atoms with Gasteiger partial charge in [-0.2, -0.15) is 0 Å². The Morgan fingerprint density at radius 1 is 1.20 bits per heavy atom. The van der Waals surface area contributed by atoms with Gasteiger partial charge in [0.15, 0.2) is 0 Å². The molecule has 0 spiro atoms. The van der Waals surface area contributed by atoms with E-state index in [1.54, 1.807) is 19.1 Å². The number of carbonyl (C=O) groups excluding carboxylic acids is 2. The van der Waals surface area contributed by atoms with Crippen molar-refractivity contribution in [2.75, 3.05) is 6.61 Å². The third-order valence-corrected chi connectivity index (χ3v) is 2.64. The highest BCUT2D eigenvalue weighted by Gasteiger charge is 2.13. The van der Waals surface area contributed by atoms with Crippen molar-refractivity contribution in [1.29, 1.82) is 0 Å². The van der Waals surface area contributed by atoms with E-state index in [-0.39, 0.29) is 25.2 Å². The highest BCUT2D eigenvalue weighted by molar-refractivity contribution is 5.95. The van der Waals surface area contributed by atoms with Crippen LogP contribution in [0.15, 0.2) is 24.3 Å². The molecule has 0 bridgehead atoms. The first-order valence-corrected chi connectivity index (χ1v) is 7.28. The van der Waals surface area contributed by atoms with Gasteiger partial charge in [-0.3, -0.25) is 9.59 Å². The molecule has 1 unspecified atom stereocenters. The van der Waals surface area contributed by atoms with Crippen LogP contribution in [0.3, 0.4) is 0 Å². The van der Waals surface area contributed by atoms with Gasteiger partial charge >= 0.3 is 5.97 Å². The zero-order valence-electron chi connectivity index (χ0n) is 12.5. The third kappa shape index (κ3) is 11.7. The fourth-order valence-corrected chi connectivity index (χ4v) is 1.63. The van der Waals surface area contributed by atoms with Crippen LogP contribution in [-0.4, -0.2) is 29.6 Å². The van der Waals surface area contributed by atoms with Gasteiger partial charge in [-0.05, 0) is 19.8 Å². The summed E-state index contributed by atoms with van der Waals surface area (Å²) in [7, 11) is 0. The lowest BCUT2D eigenvalue weighted by Gasteiger charge is -2.04. The maximum absolute atomic E-state index is 11.4. The topological polar surface area (TPSA) is 63.6 Å². The normalized spacial score (nSPS) is 12.9. The molecule has 20 heavy (non-hydrogen) atoms. The maximum Gasteiger partial charge on any atom is 0.313 e. The molecule has 0 heterocycles. The quantitative estimate of drug-likeness (QED) is 0.274. The van der Waals surface area contributed by atoms with Crippen LogP contribution in [0.1, 0.15) is 52.4 Å². The van der Waals surface area contributed by atoms with E-state index >= 15 is 0 Å². The fourth-order valence-electron chi connectivity index (χ4n) is 1.63. The van der Waals surface area contributed by atoms with Gasteiger partial charge < -0.3 is 9.84 Å². The number of hydrogen-bond acceptors (Lipinski definition) is 4. The summed E-state index contributed by atoms with van der Waals surface area (Å²) in [5.74, 6) is -0.850. The predicted octanol–water partition coefficient (Wildman–Crippen LogP) is 2.95. The molecular weight excluding hydrogens is 256 g/mol. The molecular formula is C16H26O4. The lowest BCUT2D eigenvalue weighted by Crippen LogP contribution is -2.16. The first kappa shape index (κ1) is 18.6. The van der Waals surface area contributed by atoms with Crippen molar-refractivity contribution in [2.24, 2.45) is 0 Å². The molecule has 0 fully saturated rings. The van der Waals surface area contributed by atoms with Gasteiger partial charge in [0.05, 0.1) is 12.7 Å². The minimum Gasteiger partial charge on any atom is -0.466 e. The number of hydrogen-bond donors (Lipinski definition) is 1. The van der Waals surface area contributed by atoms with Gasteiger partial charge in [-0.25, -0.2) is 0 Å². The number of rotatable bonds is 11. The van der Waals surface area contributed by atoms with Crippen molar-refractivity contribution in [3.63, 3.8) is 0 Å². The Bertz CT molecular complexity index is 331. The summed E-state index contributed by atoms with van der Waals surface area (Å²) in [6.45, 7) is 4.11. The Hall–Kier alpha value is -1.42. The first-order chi connectivity index (χ1) is 9.60. The lowest BCUT2D eigenvalue weighted by atomic mass is 10.1. The predicted molar refractivity (Wildman–Crippen MR) is 79.3 cm³/mol. The molecule has 0 aliphatic carbocycles. The van der Waals surface area contributed by atoms with E-state index in [2.05, 4.69) is 11.7 Å². The minimum atomic E-state index is -0.850. The average molecular weight is 282 g/mol. The molecule has 4 heteroatoms. The van der Waals surface area contributed by atoms with Crippen LogP contribution in [0.2, 0.25) is 0 Å². The SMILES string of the molecule is CCCCC/C=C/C=C/C(O)CC(=O)CC(=O)OCC. The number of ketones is 1. The van der Waals surface area contributed by atoms with E-state index in [1.807, 2.05) is 12.2 Å². The Morgan fingerprint density at radius 3 is 2.60 bits per heavy atom. The summed E-state index contributed by atoms with van der Waals surface area (Å²) in [6, 6.07) is 0. The van der Waals surface area contributed by atoms with Gasteiger partial charge in [0.1, 0.15) is 12.2 Å². The van der Waals surface area contributed by atoms with Gasteiger partial charge in [-0.1, -0.05) is 44.1 Å². The maximum atomic E-state index is 11.4. The Labute approximate surface area is 121 Å². The Morgan fingerprint density at radius 2 is 1.95 bits per heavy atom. The Balaban J connectivity index is 3.83. The number of ether oxygens (including phenoxy) is 1. The summed E-state index contributed by atoms with van der Waals surface area (Å²) >= 11 is 0. The summed E-state index contributed by atoms with van der Waals surface area (Å²) in [6.07, 6.45) is 10.6. The van der Waals surface area contributed by atoms with Gasteiger partial charge in [-0.15, -0.1) is 0 Å². The van der Waals surface area contributed by atoms with Gasteiger partial charge in [0.25, 0.3) is 0 Å². The molecule has 0 rings (SSSR count). The van der Waals surface area contributed by atoms with Crippen LogP contribution in [0.25, 0.3) is 0 Å². The van der Waals surface area contributed by atoms with E-state index in [0.717, 1.165) is 6.42 Å². The molecule has 0 aromatic carbocycles. The molecule has 1 atom stereocenters. The van der Waals surface area contributed by atoms with E-state index < -0.39 is 12.1 Å². The number of unbranched alkanes of at least 4 members (excludes halogenated alkanes) is 3. The second-order valence-corrected chi connectivity index (χ2v) is 4.60. The molecule has 0 aliphatic heterocycles. The van der Waals surface area contributed by atoms with E-state index in [9.17, 15) is 14.7 Å². The largest absolute Gasteiger partial charge is 0.466 e. The summed E-state index contributed by atoms with van der Waals surface area (Å²) in [5, 5.41) is 9.61. The zero-order chi connectivity index (χ0) is 15.2. The van der Waals surface area contributed by atoms with Crippen molar-refractivity contribution < 1.29 is 19.4 Å². The molecule has 0 aromatic heterocycles. The minimum absolute atomic E-state index is 0.0566. The monoisotopic (exact) mass is 282 g/mol. The average Bonchev–Trinajstić information content (AvgIpc) is 2.37. The highest BCUT2D eigenvalue weighted by Crippen LogP contribution is 2.02. The van der Waals surface area contributed by atoms with E-state index in [0.29, 0.717) is 0 Å². The summed E-state index contributed by atoms with van der Waals surface area (Å²) in [4.78, 5) is 22.5. The molecule has 0 aliphatic rings. The van der Waals surface area contributed by atoms with Crippen molar-refractivity contribution >= 4 is 11.8 Å². The number of aliphatic hydroxyl groups is 1. The Kier molecular flexibility index (Phi) is 11.7. The van der Waals surface area contributed by atoms with Crippen LogP contribution in [-0.2, 0) is 14.3 Å². The number of aliphatic hydroxyl groups excluding tert-OH is 1. The standard InChI is InChI=1S/C16H26O4/c1-3-5-6-7-8-9-10-11-14(17)12-15(18)13-16(19)20-4-2/h8-11,14,17H,3-7,12-13H2,1-2H3/b9-8+,11-10+. The van der Waals surface area contributed by atoms with Crippen LogP contribution in [0.5, 0.6) is 0 Å². The number of Topliss-reactive ketones (excluding diaryl/α,β-unsaturated/α-hetero) is 1. The molecule has 0 aromatic rings. The lowest BCUT2D eigenvalue weighted by molar-refractivity contribution is -0.145. The summed E-state index contributed by atoms with van der Waals surface area (Å²) < 4.78 is 4.67. The van der Waals surface area contributed by atoms with E-state index in [1.165, 1.54) is 19.3 Å². The zero-order valence-corrected chi connectivity index (χ0v) is 12.5. The van der Waals surface area contributed by atoms with Crippen LogP contribution in [0.4, 0.5) is 0 Å². The van der Waals surface area contributed by atoms with Crippen LogP contribution < -0.4 is 0 Å². The second-order valence-electron chi connectivity index (χ2n) is 4.60. The first-order valence-electron chi connectivity index (χ1n) is 7.28. The van der Waals surface area contributed by atoms with E-state index in [4.69, 9.17) is 0 Å². The third-order valence-electron chi connectivity index (χ3n) is 2.64. The van der Waals surface area contributed by atoms with Crippen LogP contribution in [0, 0.1) is 0 Å². The van der Waals surface area contributed by atoms with Crippen molar-refractivity contribution in [3.05, 3.63) is 24.3 Å².